The molecule has 3 fully saturated rings. The third-order valence-electron chi connectivity index (χ3n) is 13.5. The summed E-state index contributed by atoms with van der Waals surface area (Å²) in [5.41, 5.74) is -5.28. The molecule has 3 aromatic rings. The van der Waals surface area contributed by atoms with E-state index >= 15 is 4.79 Å². The number of aliphatic hydroxyl groups excluding tert-OH is 2. The average Bonchev–Trinajstić information content (AvgIpc) is 3.21. The molecule has 7 rings (SSSR count). The Morgan fingerprint density at radius 3 is 2.02 bits per heavy atom. The number of carbonyl (C=O) groups excluding carboxylic acids is 5. The highest BCUT2D eigenvalue weighted by atomic mass is 16.6. The van der Waals surface area contributed by atoms with Gasteiger partial charge in [0.2, 0.25) is 0 Å². The molecule has 1 unspecified atom stereocenters. The van der Waals surface area contributed by atoms with Gasteiger partial charge in [0.25, 0.3) is 5.91 Å². The van der Waals surface area contributed by atoms with E-state index in [1.54, 1.807) is 113 Å². The zero-order valence-corrected chi connectivity index (χ0v) is 33.9. The normalized spacial score (nSPS) is 33.0. The molecule has 13 nitrogen and oxygen atoms in total. The lowest BCUT2D eigenvalue weighted by molar-refractivity contribution is -0.345. The van der Waals surface area contributed by atoms with Crippen molar-refractivity contribution in [1.29, 1.82) is 0 Å². The fourth-order valence-corrected chi connectivity index (χ4v) is 10.4. The predicted octanol–water partition coefficient (Wildman–Crippen LogP) is 4.44. The number of carbonyl (C=O) groups is 5. The zero-order chi connectivity index (χ0) is 42.7. The minimum absolute atomic E-state index is 0.0700. The first-order chi connectivity index (χ1) is 27.9. The molecular weight excluding hydrogens is 759 g/mol. The Labute approximate surface area is 342 Å². The van der Waals surface area contributed by atoms with Gasteiger partial charge in [0.1, 0.15) is 29.7 Å². The smallest absolute Gasteiger partial charge is 0.338 e. The second kappa shape index (κ2) is 15.4. The molecular formula is C46H51NO12. The van der Waals surface area contributed by atoms with Gasteiger partial charge in [-0.15, -0.1) is 0 Å². The van der Waals surface area contributed by atoms with Crippen molar-refractivity contribution in [1.82, 2.24) is 5.32 Å². The van der Waals surface area contributed by atoms with Crippen molar-refractivity contribution in [2.75, 3.05) is 6.61 Å². The number of Topliss-reactive ketones (excluding diaryl/α,β-unsaturated/α-hetero) is 1. The Morgan fingerprint density at radius 2 is 1.46 bits per heavy atom. The monoisotopic (exact) mass is 809 g/mol. The molecule has 0 radical (unpaired) electrons. The van der Waals surface area contributed by atoms with E-state index in [1.165, 1.54) is 19.1 Å². The molecule has 1 amide bonds. The van der Waals surface area contributed by atoms with Crippen LogP contribution in [0, 0.1) is 22.7 Å². The first-order valence-corrected chi connectivity index (χ1v) is 19.9. The number of amides is 1. The minimum atomic E-state index is -2.19. The molecule has 0 aromatic heterocycles. The number of aliphatic hydroxyl groups is 3. The predicted molar refractivity (Wildman–Crippen MR) is 211 cm³/mol. The number of fused-ring (bicyclic) bond motifs is 5. The molecule has 13 heteroatoms. The molecule has 3 aromatic carbocycles. The van der Waals surface area contributed by atoms with Gasteiger partial charge >= 0.3 is 17.9 Å². The van der Waals surface area contributed by atoms with Crippen LogP contribution in [-0.2, 0) is 33.3 Å². The number of ketones is 1. The molecule has 1 saturated heterocycles. The van der Waals surface area contributed by atoms with Crippen LogP contribution in [-0.4, -0.2) is 93.2 Å². The van der Waals surface area contributed by atoms with E-state index in [2.05, 4.69) is 5.32 Å². The van der Waals surface area contributed by atoms with Crippen molar-refractivity contribution >= 4 is 29.6 Å². The SMILES string of the molecule is CC(=O)O[C@@]12CO[C@@H]1C[C@H](O)[C@@]1(C)C(=O)[C@H](C)C3=C(C)[C@@H](OC(=O)[C@H](O)C(NC(=O)c4ccccc4)c4ccccc4)C[C@@](O)([C@@H](OC(=O)c4ccccc4)[C@H]21)C3(C)C. The van der Waals surface area contributed by atoms with Crippen LogP contribution in [0.1, 0.15) is 86.7 Å². The van der Waals surface area contributed by atoms with Gasteiger partial charge in [-0.3, -0.25) is 14.4 Å². The van der Waals surface area contributed by atoms with Crippen molar-refractivity contribution in [3.8, 4) is 0 Å². The van der Waals surface area contributed by atoms with E-state index < -0.39 is 106 Å². The number of hydrogen-bond acceptors (Lipinski definition) is 12. The first-order valence-electron chi connectivity index (χ1n) is 19.9. The standard InChI is InChI=1S/C46H51NO12/c1-25-31(57-42(54)36(50)35(28-16-10-7-11-17-28)47-40(52)29-18-12-8-13-19-29)23-46(55)39(58-41(53)30-20-14-9-15-21-30)37-44(6,38(51)26(2)34(25)43(46,4)5)32(49)22-33-45(37,24-56-33)59-27(3)48/h7-21,26,31-33,35-37,39,49-50,55H,22-24H2,1-6H3,(H,47,52)/t26-,31+,32+,33-,35?,36-,37+,39+,44-,45+,46-/m1/s1. The van der Waals surface area contributed by atoms with Gasteiger partial charge in [0.05, 0.1) is 35.6 Å². The molecule has 4 aliphatic rings. The average molecular weight is 810 g/mol. The Hall–Kier alpha value is -5.21. The van der Waals surface area contributed by atoms with Crippen LogP contribution in [0.3, 0.4) is 0 Å². The van der Waals surface area contributed by atoms with Crippen molar-refractivity contribution in [3.05, 3.63) is 119 Å². The van der Waals surface area contributed by atoms with Crippen molar-refractivity contribution in [2.45, 2.75) is 102 Å². The fourth-order valence-electron chi connectivity index (χ4n) is 10.4. The van der Waals surface area contributed by atoms with Gasteiger partial charge in [0.15, 0.2) is 11.7 Å². The molecule has 4 N–H and O–H groups in total. The number of hydrogen-bond donors (Lipinski definition) is 4. The topological polar surface area (TPSA) is 195 Å². The highest BCUT2D eigenvalue weighted by Gasteiger charge is 2.77. The van der Waals surface area contributed by atoms with Crippen LogP contribution in [0.15, 0.2) is 102 Å². The molecule has 312 valence electrons. The zero-order valence-electron chi connectivity index (χ0n) is 33.9. The molecule has 3 aliphatic carbocycles. The molecule has 1 aliphatic heterocycles. The van der Waals surface area contributed by atoms with Crippen LogP contribution < -0.4 is 5.32 Å². The fraction of sp³-hybridized carbons (Fsp3) is 0.457. The van der Waals surface area contributed by atoms with E-state index in [0.29, 0.717) is 22.3 Å². The number of esters is 3. The summed E-state index contributed by atoms with van der Waals surface area (Å²) in [4.78, 5) is 69.9. The van der Waals surface area contributed by atoms with Crippen molar-refractivity contribution < 1.29 is 58.2 Å². The number of benzene rings is 3. The van der Waals surface area contributed by atoms with Gasteiger partial charge in [-0.05, 0) is 54.8 Å². The van der Waals surface area contributed by atoms with Crippen molar-refractivity contribution in [3.63, 3.8) is 0 Å². The van der Waals surface area contributed by atoms with Gasteiger partial charge in [0, 0.05) is 36.7 Å². The Kier molecular flexibility index (Phi) is 11.0. The highest BCUT2D eigenvalue weighted by Crippen LogP contribution is 2.65. The highest BCUT2D eigenvalue weighted by molar-refractivity contribution is 5.95. The van der Waals surface area contributed by atoms with E-state index in [4.69, 9.17) is 18.9 Å². The second-order valence-corrected chi connectivity index (χ2v) is 17.1. The maximum Gasteiger partial charge on any atom is 0.338 e. The molecule has 11 atom stereocenters. The summed E-state index contributed by atoms with van der Waals surface area (Å²) in [6, 6.07) is 23.5. The summed E-state index contributed by atoms with van der Waals surface area (Å²) in [6.45, 7) is 9.32. The lowest BCUT2D eigenvalue weighted by atomic mass is 9.43. The van der Waals surface area contributed by atoms with E-state index in [1.807, 2.05) is 0 Å². The number of rotatable bonds is 9. The second-order valence-electron chi connectivity index (χ2n) is 17.1. The molecule has 0 spiro atoms. The summed E-state index contributed by atoms with van der Waals surface area (Å²) in [5.74, 6) is -6.06. The van der Waals surface area contributed by atoms with E-state index in [0.717, 1.165) is 0 Å². The van der Waals surface area contributed by atoms with Crippen LogP contribution in [0.5, 0.6) is 0 Å². The van der Waals surface area contributed by atoms with Gasteiger partial charge in [-0.2, -0.15) is 0 Å². The van der Waals surface area contributed by atoms with Crippen LogP contribution in [0.4, 0.5) is 0 Å². The number of nitrogens with one attached hydrogen (secondary N) is 1. The summed E-state index contributed by atoms with van der Waals surface area (Å²) in [5, 5.41) is 40.0. The van der Waals surface area contributed by atoms with Gasteiger partial charge in [-0.1, -0.05) is 87.5 Å². The summed E-state index contributed by atoms with van der Waals surface area (Å²) >= 11 is 0. The minimum Gasteiger partial charge on any atom is -0.456 e. The lowest BCUT2D eigenvalue weighted by Crippen LogP contribution is -2.81. The quantitative estimate of drug-likeness (QED) is 0.135. The Morgan fingerprint density at radius 1 is 0.881 bits per heavy atom. The molecule has 59 heavy (non-hydrogen) atoms. The van der Waals surface area contributed by atoms with Crippen LogP contribution in [0.2, 0.25) is 0 Å². The summed E-state index contributed by atoms with van der Waals surface area (Å²) < 4.78 is 24.5. The lowest BCUT2D eigenvalue weighted by Gasteiger charge is -2.67. The first kappa shape index (κ1) is 41.9. The van der Waals surface area contributed by atoms with Crippen LogP contribution in [0.25, 0.3) is 0 Å². The Bertz CT molecular complexity index is 2160. The van der Waals surface area contributed by atoms with Gasteiger partial charge in [-0.25, -0.2) is 9.59 Å². The Balaban J connectivity index is 1.34. The van der Waals surface area contributed by atoms with Gasteiger partial charge < -0.3 is 39.6 Å². The largest absolute Gasteiger partial charge is 0.456 e. The van der Waals surface area contributed by atoms with Crippen molar-refractivity contribution in [2.24, 2.45) is 22.7 Å². The molecule has 1 heterocycles. The van der Waals surface area contributed by atoms with E-state index in [-0.39, 0.29) is 18.6 Å². The molecule has 2 bridgehead atoms. The maximum absolute atomic E-state index is 15.2. The maximum atomic E-state index is 15.2. The molecule has 2 saturated carbocycles. The third kappa shape index (κ3) is 6.77. The summed E-state index contributed by atoms with van der Waals surface area (Å²) in [7, 11) is 0. The third-order valence-corrected chi connectivity index (χ3v) is 13.5. The summed E-state index contributed by atoms with van der Waals surface area (Å²) in [6.07, 6.45) is -7.67. The number of ether oxygens (including phenoxy) is 4. The van der Waals surface area contributed by atoms with Crippen LogP contribution >= 0.6 is 0 Å². The van der Waals surface area contributed by atoms with E-state index in [9.17, 15) is 34.5 Å².